The number of rotatable bonds is 53. The molecule has 0 heterocycles. The van der Waals surface area contributed by atoms with Gasteiger partial charge in [-0.1, -0.05) is 254 Å². The number of esters is 3. The van der Waals surface area contributed by atoms with Gasteiger partial charge in [-0.2, -0.15) is 0 Å². The van der Waals surface area contributed by atoms with Crippen LogP contribution in [-0.4, -0.2) is 37.2 Å². The molecule has 0 saturated carbocycles. The lowest BCUT2D eigenvalue weighted by Crippen LogP contribution is -2.30. The highest BCUT2D eigenvalue weighted by atomic mass is 16.6. The van der Waals surface area contributed by atoms with Crippen LogP contribution in [0.25, 0.3) is 0 Å². The predicted molar refractivity (Wildman–Crippen MR) is 302 cm³/mol. The van der Waals surface area contributed by atoms with E-state index in [1.807, 2.05) is 0 Å². The Morgan fingerprint density at radius 2 is 0.629 bits per heavy atom. The van der Waals surface area contributed by atoms with Crippen molar-refractivity contribution in [2.45, 2.75) is 290 Å². The van der Waals surface area contributed by atoms with E-state index in [0.29, 0.717) is 19.3 Å². The van der Waals surface area contributed by atoms with Gasteiger partial charge in [0.05, 0.1) is 0 Å². The first-order valence-corrected chi connectivity index (χ1v) is 29.6. The monoisotopic (exact) mass is 975 g/mol. The Bertz CT molecular complexity index is 1350. The molecule has 0 aliphatic heterocycles. The largest absolute Gasteiger partial charge is 0.462 e. The molecule has 0 aromatic carbocycles. The van der Waals surface area contributed by atoms with Crippen molar-refractivity contribution in [3.05, 3.63) is 85.1 Å². The minimum Gasteiger partial charge on any atom is -0.462 e. The molecule has 0 spiro atoms. The summed E-state index contributed by atoms with van der Waals surface area (Å²) < 4.78 is 16.9. The highest BCUT2D eigenvalue weighted by Crippen LogP contribution is 2.16. The van der Waals surface area contributed by atoms with Crippen LogP contribution in [0.5, 0.6) is 0 Å². The molecule has 0 N–H and O–H groups in total. The van der Waals surface area contributed by atoms with Crippen molar-refractivity contribution in [1.29, 1.82) is 0 Å². The highest BCUT2D eigenvalue weighted by Gasteiger charge is 2.19. The topological polar surface area (TPSA) is 78.9 Å². The lowest BCUT2D eigenvalue weighted by Gasteiger charge is -2.18. The summed E-state index contributed by atoms with van der Waals surface area (Å²) in [6.07, 6.45) is 75.7. The van der Waals surface area contributed by atoms with Crippen LogP contribution in [-0.2, 0) is 28.6 Å². The summed E-state index contributed by atoms with van der Waals surface area (Å²) >= 11 is 0. The first-order valence-electron chi connectivity index (χ1n) is 29.6. The molecule has 6 nitrogen and oxygen atoms in total. The van der Waals surface area contributed by atoms with Crippen LogP contribution < -0.4 is 0 Å². The van der Waals surface area contributed by atoms with Crippen molar-refractivity contribution >= 4 is 17.9 Å². The minimum absolute atomic E-state index is 0.0862. The molecule has 0 rings (SSSR count). The molecule has 1 unspecified atom stereocenters. The zero-order valence-electron chi connectivity index (χ0n) is 46.0. The fourth-order valence-corrected chi connectivity index (χ4v) is 8.28. The van der Waals surface area contributed by atoms with Crippen molar-refractivity contribution in [2.24, 2.45) is 0 Å². The number of ether oxygens (including phenoxy) is 3. The van der Waals surface area contributed by atoms with Crippen molar-refractivity contribution in [3.8, 4) is 0 Å². The predicted octanol–water partition coefficient (Wildman–Crippen LogP) is 19.9. The van der Waals surface area contributed by atoms with Gasteiger partial charge in [0, 0.05) is 19.3 Å². The summed E-state index contributed by atoms with van der Waals surface area (Å²) in [7, 11) is 0. The first-order chi connectivity index (χ1) is 34.5. The second-order valence-corrected chi connectivity index (χ2v) is 19.6. The summed E-state index contributed by atoms with van der Waals surface area (Å²) in [4.78, 5) is 38.2. The van der Waals surface area contributed by atoms with Crippen LogP contribution in [0, 0.1) is 0 Å². The van der Waals surface area contributed by atoms with Crippen molar-refractivity contribution in [2.75, 3.05) is 13.2 Å². The van der Waals surface area contributed by atoms with Gasteiger partial charge in [0.15, 0.2) is 6.10 Å². The number of carbonyl (C=O) groups excluding carboxylic acids is 3. The Hall–Kier alpha value is -3.41. The van der Waals surface area contributed by atoms with Crippen LogP contribution >= 0.6 is 0 Å². The highest BCUT2D eigenvalue weighted by molar-refractivity contribution is 5.71. The second-order valence-electron chi connectivity index (χ2n) is 19.6. The average Bonchev–Trinajstić information content (AvgIpc) is 3.36. The van der Waals surface area contributed by atoms with E-state index in [1.54, 1.807) is 0 Å². The third kappa shape index (κ3) is 55.5. The van der Waals surface area contributed by atoms with Crippen LogP contribution in [0.15, 0.2) is 85.1 Å². The van der Waals surface area contributed by atoms with Gasteiger partial charge in [-0.3, -0.25) is 14.4 Å². The van der Waals surface area contributed by atoms with E-state index in [4.69, 9.17) is 14.2 Å². The van der Waals surface area contributed by atoms with Gasteiger partial charge < -0.3 is 14.2 Å². The maximum Gasteiger partial charge on any atom is 0.306 e. The third-order valence-electron chi connectivity index (χ3n) is 12.7. The zero-order valence-corrected chi connectivity index (χ0v) is 46.0. The Morgan fingerprint density at radius 3 is 1.04 bits per heavy atom. The molecule has 402 valence electrons. The number of unbranched alkanes of at least 4 members (excludes halogenated alkanes) is 30. The summed E-state index contributed by atoms with van der Waals surface area (Å²) in [5.41, 5.74) is 0. The Kier molecular flexibility index (Phi) is 55.3. The number of carbonyl (C=O) groups is 3. The smallest absolute Gasteiger partial charge is 0.306 e. The fraction of sp³-hybridized carbons (Fsp3) is 0.734. The van der Waals surface area contributed by atoms with E-state index >= 15 is 0 Å². The lowest BCUT2D eigenvalue weighted by molar-refractivity contribution is -0.167. The van der Waals surface area contributed by atoms with Crippen LogP contribution in [0.3, 0.4) is 0 Å². The van der Waals surface area contributed by atoms with Gasteiger partial charge in [0.2, 0.25) is 0 Å². The molecule has 1 atom stereocenters. The molecular weight excluding hydrogens is 865 g/mol. The standard InChI is InChI=1S/C64H110O6/c1-4-7-10-13-16-19-22-25-28-30-32-34-36-39-42-45-48-51-54-57-63(66)69-60-61(59-68-62(65)56-53-50-47-44-41-38-35-27-24-21-18-15-12-9-6-3)70-64(67)58-55-52-49-46-43-40-37-33-31-29-26-23-20-17-14-11-8-5-2/h7,9-10,12,15-16,18-19,21,24-25,28,33,37,61H,4-6,8,11,13-14,17,20,22-23,26-27,29-32,34-36,38-60H2,1-3H3/b10-7-,12-9-,18-15-,19-16-,24-21-,28-25-,37-33-. The third-order valence-corrected chi connectivity index (χ3v) is 12.7. The maximum atomic E-state index is 12.9. The van der Waals surface area contributed by atoms with Crippen molar-refractivity contribution in [3.63, 3.8) is 0 Å². The molecule has 0 aliphatic carbocycles. The van der Waals surface area contributed by atoms with E-state index in [0.717, 1.165) is 103 Å². The molecule has 0 aromatic heterocycles. The quantitative estimate of drug-likeness (QED) is 0.0199. The molecule has 0 amide bonds. The van der Waals surface area contributed by atoms with E-state index < -0.39 is 6.10 Å². The molecule has 6 heteroatoms. The average molecular weight is 976 g/mol. The number of hydrogen-bond acceptors (Lipinski definition) is 6. The molecule has 0 aromatic rings. The summed E-state index contributed by atoms with van der Waals surface area (Å²) in [5, 5.41) is 0. The van der Waals surface area contributed by atoms with Gasteiger partial charge in [-0.15, -0.1) is 0 Å². The molecule has 70 heavy (non-hydrogen) atoms. The number of allylic oxidation sites excluding steroid dienone is 14. The maximum absolute atomic E-state index is 12.9. The SMILES string of the molecule is CC\C=C/C=C\C=C/CCCCCCCCCC(=O)OCC(COC(=O)CCCCCCCCCCC/C=C\C/C=C\C/C=C\CC)OC(=O)CCCCCCC/C=C\CCCCCCCCCCC. The molecule has 0 bridgehead atoms. The van der Waals surface area contributed by atoms with Gasteiger partial charge in [0.25, 0.3) is 0 Å². The van der Waals surface area contributed by atoms with Gasteiger partial charge >= 0.3 is 17.9 Å². The molecule has 0 saturated heterocycles. The van der Waals surface area contributed by atoms with Gasteiger partial charge in [-0.05, 0) is 96.3 Å². The normalized spacial score (nSPS) is 12.7. The van der Waals surface area contributed by atoms with E-state index in [1.165, 1.54) is 141 Å². The lowest BCUT2D eigenvalue weighted by atomic mass is 10.1. The Balaban J connectivity index is 4.40. The van der Waals surface area contributed by atoms with Gasteiger partial charge in [0.1, 0.15) is 13.2 Å². The fourth-order valence-electron chi connectivity index (χ4n) is 8.28. The van der Waals surface area contributed by atoms with Crippen LogP contribution in [0.2, 0.25) is 0 Å². The molecule has 0 radical (unpaired) electrons. The molecular formula is C64H110O6. The Labute approximate surface area is 433 Å². The van der Waals surface area contributed by atoms with Crippen molar-refractivity contribution in [1.82, 2.24) is 0 Å². The van der Waals surface area contributed by atoms with Crippen LogP contribution in [0.4, 0.5) is 0 Å². The molecule has 0 aliphatic rings. The van der Waals surface area contributed by atoms with Crippen molar-refractivity contribution < 1.29 is 28.6 Å². The van der Waals surface area contributed by atoms with E-state index in [9.17, 15) is 14.4 Å². The minimum atomic E-state index is -0.789. The number of hydrogen-bond donors (Lipinski definition) is 0. The van der Waals surface area contributed by atoms with E-state index in [-0.39, 0.29) is 31.1 Å². The first kappa shape index (κ1) is 66.6. The molecule has 0 fully saturated rings. The summed E-state index contributed by atoms with van der Waals surface area (Å²) in [6, 6.07) is 0. The Morgan fingerprint density at radius 1 is 0.314 bits per heavy atom. The zero-order chi connectivity index (χ0) is 50.7. The van der Waals surface area contributed by atoms with E-state index in [2.05, 4.69) is 106 Å². The summed E-state index contributed by atoms with van der Waals surface area (Å²) in [6.45, 7) is 6.40. The van der Waals surface area contributed by atoms with Gasteiger partial charge in [-0.25, -0.2) is 0 Å². The second kappa shape index (κ2) is 58.2. The van der Waals surface area contributed by atoms with Crippen LogP contribution in [0.1, 0.15) is 284 Å². The summed E-state index contributed by atoms with van der Waals surface area (Å²) in [5.74, 6) is -0.904.